The van der Waals surface area contributed by atoms with E-state index < -0.39 is 0 Å². The zero-order valence-corrected chi connectivity index (χ0v) is 9.12. The van der Waals surface area contributed by atoms with E-state index in [1.54, 1.807) is 0 Å². The van der Waals surface area contributed by atoms with Crippen molar-refractivity contribution in [1.29, 1.82) is 0 Å². The third kappa shape index (κ3) is 4.36. The van der Waals surface area contributed by atoms with Crippen molar-refractivity contribution in [2.75, 3.05) is 24.6 Å². The summed E-state index contributed by atoms with van der Waals surface area (Å²) in [6, 6.07) is 0. The first-order chi connectivity index (χ1) is 5.79. The average Bonchev–Trinajstić information content (AvgIpc) is 2.05. The van der Waals surface area contributed by atoms with Crippen LogP contribution in [-0.4, -0.2) is 24.6 Å². The van der Waals surface area contributed by atoms with Crippen LogP contribution in [0.25, 0.3) is 0 Å². The van der Waals surface area contributed by atoms with E-state index in [1.165, 1.54) is 37.4 Å². The molecule has 12 heavy (non-hydrogen) atoms. The molecule has 0 radical (unpaired) electrons. The molecular formula is C10H21NS. The Bertz CT molecular complexity index is 108. The summed E-state index contributed by atoms with van der Waals surface area (Å²) in [4.78, 5) is 0. The predicted octanol–water partition coefficient (Wildman–Crippen LogP) is 2.38. The van der Waals surface area contributed by atoms with Crippen molar-refractivity contribution in [1.82, 2.24) is 5.32 Å². The van der Waals surface area contributed by atoms with Crippen LogP contribution in [0.1, 0.15) is 26.7 Å². The van der Waals surface area contributed by atoms with E-state index in [9.17, 15) is 0 Å². The van der Waals surface area contributed by atoms with Crippen LogP contribution in [0.4, 0.5) is 0 Å². The fourth-order valence-electron chi connectivity index (χ4n) is 1.52. The minimum absolute atomic E-state index is 0.858. The molecule has 1 rings (SSSR count). The maximum absolute atomic E-state index is 3.40. The highest BCUT2D eigenvalue weighted by Crippen LogP contribution is 2.19. The number of nitrogens with one attached hydrogen (secondary N) is 1. The molecule has 72 valence electrons. The smallest absolute Gasteiger partial charge is 0.00381 e. The Kier molecular flexibility index (Phi) is 5.08. The summed E-state index contributed by atoms with van der Waals surface area (Å²) in [7, 11) is 0. The first kappa shape index (κ1) is 10.4. The minimum atomic E-state index is 0.858. The average molecular weight is 187 g/mol. The number of piperidine rings is 1. The summed E-state index contributed by atoms with van der Waals surface area (Å²) < 4.78 is 0. The largest absolute Gasteiger partial charge is 0.317 e. The molecular weight excluding hydrogens is 166 g/mol. The molecule has 1 fully saturated rings. The summed E-state index contributed by atoms with van der Waals surface area (Å²) >= 11 is 2.14. The van der Waals surface area contributed by atoms with Crippen molar-refractivity contribution in [3.8, 4) is 0 Å². The topological polar surface area (TPSA) is 12.0 Å². The minimum Gasteiger partial charge on any atom is -0.317 e. The van der Waals surface area contributed by atoms with Crippen molar-refractivity contribution in [3.05, 3.63) is 0 Å². The van der Waals surface area contributed by atoms with E-state index in [-0.39, 0.29) is 0 Å². The number of thioether (sulfide) groups is 1. The van der Waals surface area contributed by atoms with Crippen LogP contribution < -0.4 is 5.32 Å². The highest BCUT2D eigenvalue weighted by Gasteiger charge is 2.12. The highest BCUT2D eigenvalue weighted by molar-refractivity contribution is 7.99. The number of rotatable bonds is 4. The van der Waals surface area contributed by atoms with Crippen molar-refractivity contribution < 1.29 is 0 Å². The van der Waals surface area contributed by atoms with E-state index in [1.807, 2.05) is 0 Å². The summed E-state index contributed by atoms with van der Waals surface area (Å²) in [5, 5.41) is 3.40. The summed E-state index contributed by atoms with van der Waals surface area (Å²) in [5.41, 5.74) is 0. The summed E-state index contributed by atoms with van der Waals surface area (Å²) in [6.45, 7) is 7.09. The quantitative estimate of drug-likeness (QED) is 0.725. The molecule has 1 aliphatic heterocycles. The molecule has 0 atom stereocenters. The van der Waals surface area contributed by atoms with Crippen LogP contribution in [0.5, 0.6) is 0 Å². The Balaban J connectivity index is 1.98. The first-order valence-corrected chi connectivity index (χ1v) is 6.23. The molecule has 0 aromatic carbocycles. The molecule has 0 unspecified atom stereocenters. The molecule has 0 amide bonds. The lowest BCUT2D eigenvalue weighted by Crippen LogP contribution is -2.28. The first-order valence-electron chi connectivity index (χ1n) is 5.07. The van der Waals surface area contributed by atoms with Gasteiger partial charge in [-0.3, -0.25) is 0 Å². The normalized spacial score (nSPS) is 20.2. The SMILES string of the molecule is CC(C)CSCC1CCNCC1. The Morgan fingerprint density at radius 2 is 2.00 bits per heavy atom. The third-order valence-electron chi connectivity index (χ3n) is 2.26. The van der Waals surface area contributed by atoms with Crippen LogP contribution in [0.3, 0.4) is 0 Å². The zero-order chi connectivity index (χ0) is 8.81. The van der Waals surface area contributed by atoms with Crippen LogP contribution in [0.2, 0.25) is 0 Å². The van der Waals surface area contributed by atoms with Gasteiger partial charge in [-0.15, -0.1) is 0 Å². The van der Waals surface area contributed by atoms with Crippen LogP contribution >= 0.6 is 11.8 Å². The van der Waals surface area contributed by atoms with Gasteiger partial charge in [-0.05, 0) is 49.3 Å². The molecule has 0 aromatic heterocycles. The molecule has 0 aliphatic carbocycles. The van der Waals surface area contributed by atoms with Gasteiger partial charge in [-0.2, -0.15) is 11.8 Å². The Labute approximate surface area is 80.7 Å². The zero-order valence-electron chi connectivity index (χ0n) is 8.31. The second-order valence-electron chi connectivity index (χ2n) is 4.12. The predicted molar refractivity (Wildman–Crippen MR) is 57.8 cm³/mol. The number of hydrogen-bond donors (Lipinski definition) is 1. The van der Waals surface area contributed by atoms with Crippen LogP contribution in [-0.2, 0) is 0 Å². The molecule has 0 saturated carbocycles. The van der Waals surface area contributed by atoms with Gasteiger partial charge in [0, 0.05) is 0 Å². The maximum Gasteiger partial charge on any atom is -0.00381 e. The standard InChI is InChI=1S/C10H21NS/c1-9(2)7-12-8-10-3-5-11-6-4-10/h9-11H,3-8H2,1-2H3. The second kappa shape index (κ2) is 5.87. The van der Waals surface area contributed by atoms with E-state index in [4.69, 9.17) is 0 Å². The Hall–Kier alpha value is 0.310. The fourth-order valence-corrected chi connectivity index (χ4v) is 2.79. The van der Waals surface area contributed by atoms with Crippen LogP contribution in [0.15, 0.2) is 0 Å². The van der Waals surface area contributed by atoms with Gasteiger partial charge in [0.1, 0.15) is 0 Å². The molecule has 1 aliphatic rings. The van der Waals surface area contributed by atoms with Gasteiger partial charge in [-0.25, -0.2) is 0 Å². The van der Waals surface area contributed by atoms with Crippen molar-refractivity contribution in [3.63, 3.8) is 0 Å². The van der Waals surface area contributed by atoms with E-state index in [0.717, 1.165) is 11.8 Å². The molecule has 1 saturated heterocycles. The molecule has 2 heteroatoms. The van der Waals surface area contributed by atoms with Gasteiger partial charge in [0.2, 0.25) is 0 Å². The van der Waals surface area contributed by atoms with Crippen molar-refractivity contribution >= 4 is 11.8 Å². The lowest BCUT2D eigenvalue weighted by Gasteiger charge is -2.22. The lowest BCUT2D eigenvalue weighted by molar-refractivity contribution is 0.407. The molecule has 0 aromatic rings. The van der Waals surface area contributed by atoms with E-state index in [0.29, 0.717) is 0 Å². The van der Waals surface area contributed by atoms with Crippen molar-refractivity contribution in [2.24, 2.45) is 11.8 Å². The molecule has 1 heterocycles. The third-order valence-corrected chi connectivity index (χ3v) is 3.87. The van der Waals surface area contributed by atoms with Gasteiger partial charge in [0.15, 0.2) is 0 Å². The van der Waals surface area contributed by atoms with Gasteiger partial charge in [0.05, 0.1) is 0 Å². The van der Waals surface area contributed by atoms with Gasteiger partial charge < -0.3 is 5.32 Å². The molecule has 1 N–H and O–H groups in total. The van der Waals surface area contributed by atoms with Gasteiger partial charge in [0.25, 0.3) is 0 Å². The maximum atomic E-state index is 3.40. The molecule has 1 nitrogen and oxygen atoms in total. The molecule has 0 bridgehead atoms. The fraction of sp³-hybridized carbons (Fsp3) is 1.00. The Morgan fingerprint density at radius 3 is 2.58 bits per heavy atom. The number of hydrogen-bond acceptors (Lipinski definition) is 2. The highest BCUT2D eigenvalue weighted by atomic mass is 32.2. The Morgan fingerprint density at radius 1 is 1.33 bits per heavy atom. The second-order valence-corrected chi connectivity index (χ2v) is 5.20. The molecule has 0 spiro atoms. The van der Waals surface area contributed by atoms with Gasteiger partial charge >= 0.3 is 0 Å². The van der Waals surface area contributed by atoms with Crippen LogP contribution in [0, 0.1) is 11.8 Å². The lowest BCUT2D eigenvalue weighted by atomic mass is 10.0. The van der Waals surface area contributed by atoms with Gasteiger partial charge in [-0.1, -0.05) is 13.8 Å². The van der Waals surface area contributed by atoms with E-state index >= 15 is 0 Å². The van der Waals surface area contributed by atoms with E-state index in [2.05, 4.69) is 30.9 Å². The monoisotopic (exact) mass is 187 g/mol. The summed E-state index contributed by atoms with van der Waals surface area (Å²) in [5.74, 6) is 4.58. The summed E-state index contributed by atoms with van der Waals surface area (Å²) in [6.07, 6.45) is 2.79. The van der Waals surface area contributed by atoms with Crippen molar-refractivity contribution in [2.45, 2.75) is 26.7 Å².